The zero-order valence-electron chi connectivity index (χ0n) is 5.70. The Morgan fingerprint density at radius 2 is 2.00 bits per heavy atom. The molecule has 1 saturated carbocycles. The molecule has 52 valence electrons. The maximum absolute atomic E-state index is 5.68. The number of nitrogens with two attached hydrogens (primary N) is 1. The first-order valence-corrected chi connectivity index (χ1v) is 3.53. The van der Waals surface area contributed by atoms with Crippen LogP contribution in [-0.4, -0.2) is 11.0 Å². The lowest BCUT2D eigenvalue weighted by atomic mass is 10.2. The lowest BCUT2D eigenvalue weighted by molar-refractivity contribution is 0.986. The molecule has 0 saturated heterocycles. The van der Waals surface area contributed by atoms with Crippen molar-refractivity contribution in [3.8, 4) is 0 Å². The highest BCUT2D eigenvalue weighted by Gasteiger charge is 2.34. The molecule has 0 aliphatic heterocycles. The van der Waals surface area contributed by atoms with Gasteiger partial charge in [-0.05, 0) is 24.1 Å². The monoisotopic (exact) mass is 134 g/mol. The summed E-state index contributed by atoms with van der Waals surface area (Å²) < 4.78 is 0. The second kappa shape index (κ2) is 2.06. The summed E-state index contributed by atoms with van der Waals surface area (Å²) in [6.45, 7) is 0. The molecule has 1 aromatic rings. The van der Waals surface area contributed by atoms with E-state index in [1.54, 1.807) is 0 Å². The van der Waals surface area contributed by atoms with Gasteiger partial charge in [0.05, 0.1) is 0 Å². The third kappa shape index (κ3) is 0.907. The third-order valence-corrected chi connectivity index (χ3v) is 1.97. The molecule has 10 heavy (non-hydrogen) atoms. The van der Waals surface area contributed by atoms with E-state index in [4.69, 9.17) is 5.73 Å². The van der Waals surface area contributed by atoms with Crippen molar-refractivity contribution < 1.29 is 0 Å². The SMILES string of the molecule is N[C@@H]1C[C@@H]1c1ccncc1. The van der Waals surface area contributed by atoms with Gasteiger partial charge in [0.15, 0.2) is 0 Å². The van der Waals surface area contributed by atoms with Crippen molar-refractivity contribution in [1.29, 1.82) is 0 Å². The van der Waals surface area contributed by atoms with Gasteiger partial charge in [-0.3, -0.25) is 4.98 Å². The Morgan fingerprint density at radius 1 is 1.40 bits per heavy atom. The maximum atomic E-state index is 5.68. The van der Waals surface area contributed by atoms with Crippen molar-refractivity contribution >= 4 is 0 Å². The van der Waals surface area contributed by atoms with Crippen LogP contribution in [0, 0.1) is 0 Å². The Kier molecular flexibility index (Phi) is 1.21. The normalized spacial score (nSPS) is 30.1. The van der Waals surface area contributed by atoms with Crippen LogP contribution < -0.4 is 5.73 Å². The predicted molar refractivity (Wildman–Crippen MR) is 39.6 cm³/mol. The molecule has 2 rings (SSSR count). The van der Waals surface area contributed by atoms with Gasteiger partial charge in [0.2, 0.25) is 0 Å². The summed E-state index contributed by atoms with van der Waals surface area (Å²) in [7, 11) is 0. The average molecular weight is 134 g/mol. The van der Waals surface area contributed by atoms with E-state index in [1.807, 2.05) is 24.5 Å². The molecule has 0 amide bonds. The minimum atomic E-state index is 0.405. The highest BCUT2D eigenvalue weighted by molar-refractivity contribution is 5.24. The van der Waals surface area contributed by atoms with E-state index in [0.29, 0.717) is 12.0 Å². The smallest absolute Gasteiger partial charge is 0.0270 e. The molecule has 0 aromatic carbocycles. The van der Waals surface area contributed by atoms with Crippen molar-refractivity contribution in [3.63, 3.8) is 0 Å². The van der Waals surface area contributed by atoms with Gasteiger partial charge in [0.1, 0.15) is 0 Å². The third-order valence-electron chi connectivity index (χ3n) is 1.97. The van der Waals surface area contributed by atoms with E-state index >= 15 is 0 Å². The zero-order valence-corrected chi connectivity index (χ0v) is 5.70. The molecule has 1 aliphatic carbocycles. The van der Waals surface area contributed by atoms with Crippen LogP contribution in [0.1, 0.15) is 17.9 Å². The average Bonchev–Trinajstić information content (AvgIpc) is 2.69. The van der Waals surface area contributed by atoms with Gasteiger partial charge in [-0.25, -0.2) is 0 Å². The quantitative estimate of drug-likeness (QED) is 0.619. The Balaban J connectivity index is 2.20. The molecule has 0 bridgehead atoms. The van der Waals surface area contributed by atoms with E-state index in [2.05, 4.69) is 4.98 Å². The largest absolute Gasteiger partial charge is 0.327 e. The van der Waals surface area contributed by atoms with Crippen LogP contribution >= 0.6 is 0 Å². The predicted octanol–water partition coefficient (Wildman–Crippen LogP) is 0.896. The van der Waals surface area contributed by atoms with Crippen LogP contribution in [0.4, 0.5) is 0 Å². The first-order valence-electron chi connectivity index (χ1n) is 3.53. The summed E-state index contributed by atoms with van der Waals surface area (Å²) in [5.41, 5.74) is 7.01. The zero-order chi connectivity index (χ0) is 6.97. The lowest BCUT2D eigenvalue weighted by Gasteiger charge is -1.93. The topological polar surface area (TPSA) is 38.9 Å². The van der Waals surface area contributed by atoms with Gasteiger partial charge >= 0.3 is 0 Å². The van der Waals surface area contributed by atoms with Gasteiger partial charge in [-0.15, -0.1) is 0 Å². The summed E-state index contributed by atoms with van der Waals surface area (Å²) in [6.07, 6.45) is 4.78. The van der Waals surface area contributed by atoms with Crippen molar-refractivity contribution in [2.75, 3.05) is 0 Å². The van der Waals surface area contributed by atoms with Crippen LogP contribution in [0.2, 0.25) is 0 Å². The molecule has 0 radical (unpaired) electrons. The first-order chi connectivity index (χ1) is 4.88. The summed E-state index contributed by atoms with van der Waals surface area (Å²) in [6, 6.07) is 4.48. The number of pyridine rings is 1. The molecule has 2 nitrogen and oxygen atoms in total. The number of nitrogens with zero attached hydrogens (tertiary/aromatic N) is 1. The Morgan fingerprint density at radius 3 is 2.50 bits per heavy atom. The van der Waals surface area contributed by atoms with Crippen LogP contribution in [0.5, 0.6) is 0 Å². The molecule has 1 heterocycles. The van der Waals surface area contributed by atoms with Gasteiger partial charge in [-0.1, -0.05) is 0 Å². The lowest BCUT2D eigenvalue weighted by Crippen LogP contribution is -2.00. The molecule has 1 fully saturated rings. The van der Waals surface area contributed by atoms with Crippen molar-refractivity contribution in [2.45, 2.75) is 18.4 Å². The van der Waals surface area contributed by atoms with Gasteiger partial charge < -0.3 is 5.73 Å². The van der Waals surface area contributed by atoms with E-state index < -0.39 is 0 Å². The fraction of sp³-hybridized carbons (Fsp3) is 0.375. The molecule has 0 unspecified atom stereocenters. The summed E-state index contributed by atoms with van der Waals surface area (Å²) >= 11 is 0. The minimum absolute atomic E-state index is 0.405. The van der Waals surface area contributed by atoms with E-state index in [-0.39, 0.29) is 0 Å². The number of hydrogen-bond donors (Lipinski definition) is 1. The van der Waals surface area contributed by atoms with Crippen LogP contribution in [-0.2, 0) is 0 Å². The molecular weight excluding hydrogens is 124 g/mol. The number of aromatic nitrogens is 1. The molecule has 2 N–H and O–H groups in total. The minimum Gasteiger partial charge on any atom is -0.327 e. The van der Waals surface area contributed by atoms with Crippen LogP contribution in [0.25, 0.3) is 0 Å². The number of rotatable bonds is 1. The van der Waals surface area contributed by atoms with Crippen molar-refractivity contribution in [2.24, 2.45) is 5.73 Å². The Hall–Kier alpha value is -0.890. The van der Waals surface area contributed by atoms with Crippen molar-refractivity contribution in [1.82, 2.24) is 4.98 Å². The molecular formula is C8H10N2. The van der Waals surface area contributed by atoms with Gasteiger partial charge in [0, 0.05) is 24.4 Å². The molecule has 2 atom stereocenters. The van der Waals surface area contributed by atoms with E-state index in [0.717, 1.165) is 6.42 Å². The highest BCUT2D eigenvalue weighted by Crippen LogP contribution is 2.38. The summed E-state index contributed by atoms with van der Waals surface area (Å²) in [5, 5.41) is 0. The van der Waals surface area contributed by atoms with E-state index in [9.17, 15) is 0 Å². The van der Waals surface area contributed by atoms with Gasteiger partial charge in [0.25, 0.3) is 0 Å². The second-order valence-electron chi connectivity index (χ2n) is 2.79. The highest BCUT2D eigenvalue weighted by atomic mass is 14.7. The number of hydrogen-bond acceptors (Lipinski definition) is 2. The second-order valence-corrected chi connectivity index (χ2v) is 2.79. The maximum Gasteiger partial charge on any atom is 0.0270 e. The van der Waals surface area contributed by atoms with E-state index in [1.165, 1.54) is 5.56 Å². The first kappa shape index (κ1) is 5.86. The Labute approximate surface area is 60.1 Å². The van der Waals surface area contributed by atoms with Crippen molar-refractivity contribution in [3.05, 3.63) is 30.1 Å². The summed E-state index contributed by atoms with van der Waals surface area (Å²) in [4.78, 5) is 3.94. The molecule has 2 heteroatoms. The fourth-order valence-corrected chi connectivity index (χ4v) is 1.21. The standard InChI is InChI=1S/C8H10N2/c9-8-5-7(8)6-1-3-10-4-2-6/h1-4,7-8H,5,9H2/t7-,8-/m1/s1. The molecule has 1 aliphatic rings. The summed E-state index contributed by atoms with van der Waals surface area (Å²) in [5.74, 6) is 0.614. The van der Waals surface area contributed by atoms with Crippen LogP contribution in [0.3, 0.4) is 0 Å². The van der Waals surface area contributed by atoms with Gasteiger partial charge in [-0.2, -0.15) is 0 Å². The molecule has 0 spiro atoms. The fourth-order valence-electron chi connectivity index (χ4n) is 1.21. The van der Waals surface area contributed by atoms with Crippen LogP contribution in [0.15, 0.2) is 24.5 Å². The Bertz CT molecular complexity index is 220. The molecule has 1 aromatic heterocycles.